The SMILES string of the molecule is O=C(CN1CCCCC1=O)NC(CCC1CCNCC1)[C@@H](C(=O)O)c1cccnc1. The summed E-state index contributed by atoms with van der Waals surface area (Å²) in [6.45, 7) is 2.52. The molecule has 3 rings (SSSR count). The number of carbonyl (C=O) groups excluding carboxylic acids is 2. The molecule has 0 saturated carbocycles. The van der Waals surface area contributed by atoms with Crippen molar-refractivity contribution >= 4 is 17.8 Å². The third kappa shape index (κ3) is 6.26. The Balaban J connectivity index is 1.70. The van der Waals surface area contributed by atoms with Crippen molar-refractivity contribution in [2.24, 2.45) is 5.92 Å². The van der Waals surface area contributed by atoms with E-state index in [1.165, 1.54) is 0 Å². The first kappa shape index (κ1) is 22.2. The zero-order valence-electron chi connectivity index (χ0n) is 17.4. The van der Waals surface area contributed by atoms with Gasteiger partial charge in [0.15, 0.2) is 0 Å². The predicted molar refractivity (Wildman–Crippen MR) is 112 cm³/mol. The van der Waals surface area contributed by atoms with Crippen molar-refractivity contribution in [2.45, 2.75) is 56.9 Å². The summed E-state index contributed by atoms with van der Waals surface area (Å²) < 4.78 is 0. The Hall–Kier alpha value is -2.48. The molecular formula is C22H32N4O4. The molecule has 164 valence electrons. The van der Waals surface area contributed by atoms with Crippen molar-refractivity contribution in [3.8, 4) is 0 Å². The Morgan fingerprint density at radius 1 is 1.30 bits per heavy atom. The first-order valence-corrected chi connectivity index (χ1v) is 10.9. The smallest absolute Gasteiger partial charge is 0.313 e. The molecule has 8 heteroatoms. The molecule has 30 heavy (non-hydrogen) atoms. The van der Waals surface area contributed by atoms with E-state index in [0.717, 1.165) is 45.2 Å². The number of nitrogens with one attached hydrogen (secondary N) is 2. The van der Waals surface area contributed by atoms with Gasteiger partial charge in [0.2, 0.25) is 11.8 Å². The van der Waals surface area contributed by atoms with Crippen LogP contribution in [0.5, 0.6) is 0 Å². The molecule has 2 aliphatic rings. The van der Waals surface area contributed by atoms with Gasteiger partial charge in [-0.3, -0.25) is 19.4 Å². The van der Waals surface area contributed by atoms with Crippen LogP contribution in [-0.2, 0) is 14.4 Å². The zero-order valence-corrected chi connectivity index (χ0v) is 17.4. The number of amides is 2. The van der Waals surface area contributed by atoms with Gasteiger partial charge in [-0.05, 0) is 69.2 Å². The quantitative estimate of drug-likeness (QED) is 0.563. The van der Waals surface area contributed by atoms with Gasteiger partial charge >= 0.3 is 5.97 Å². The van der Waals surface area contributed by atoms with Gasteiger partial charge in [-0.1, -0.05) is 6.07 Å². The van der Waals surface area contributed by atoms with Crippen LogP contribution in [0, 0.1) is 5.92 Å². The minimum atomic E-state index is -0.979. The molecule has 0 spiro atoms. The number of carboxylic acids is 1. The normalized spacial score (nSPS) is 19.9. The summed E-state index contributed by atoms with van der Waals surface area (Å²) in [7, 11) is 0. The van der Waals surface area contributed by atoms with Gasteiger partial charge in [0, 0.05) is 31.4 Å². The van der Waals surface area contributed by atoms with Crippen LogP contribution < -0.4 is 10.6 Å². The Kier molecular flexibility index (Phi) is 8.19. The first-order valence-electron chi connectivity index (χ1n) is 10.9. The highest BCUT2D eigenvalue weighted by molar-refractivity contribution is 5.86. The number of carbonyl (C=O) groups is 3. The molecule has 2 aliphatic heterocycles. The highest BCUT2D eigenvalue weighted by atomic mass is 16.4. The number of aromatic nitrogens is 1. The molecule has 1 aromatic rings. The van der Waals surface area contributed by atoms with Gasteiger partial charge in [0.1, 0.15) is 5.92 Å². The van der Waals surface area contributed by atoms with Crippen LogP contribution in [0.25, 0.3) is 0 Å². The number of likely N-dealkylation sites (tertiary alicyclic amines) is 1. The van der Waals surface area contributed by atoms with Gasteiger partial charge in [-0.25, -0.2) is 0 Å². The number of pyridine rings is 1. The zero-order chi connectivity index (χ0) is 21.3. The molecule has 0 aliphatic carbocycles. The van der Waals surface area contributed by atoms with E-state index in [2.05, 4.69) is 15.6 Å². The van der Waals surface area contributed by atoms with Crippen LogP contribution in [0.3, 0.4) is 0 Å². The van der Waals surface area contributed by atoms with Crippen LogP contribution in [0.1, 0.15) is 56.4 Å². The fraction of sp³-hybridized carbons (Fsp3) is 0.636. The van der Waals surface area contributed by atoms with E-state index in [-0.39, 0.29) is 18.4 Å². The molecule has 2 amide bonds. The lowest BCUT2D eigenvalue weighted by Crippen LogP contribution is -2.48. The second-order valence-corrected chi connectivity index (χ2v) is 8.32. The lowest BCUT2D eigenvalue weighted by atomic mass is 9.85. The fourth-order valence-electron chi connectivity index (χ4n) is 4.47. The Morgan fingerprint density at radius 3 is 2.77 bits per heavy atom. The minimum absolute atomic E-state index is 0.00954. The van der Waals surface area contributed by atoms with Gasteiger partial charge < -0.3 is 20.6 Å². The van der Waals surface area contributed by atoms with Gasteiger partial charge in [0.25, 0.3) is 0 Å². The van der Waals surface area contributed by atoms with Crippen LogP contribution in [0.15, 0.2) is 24.5 Å². The molecule has 0 bridgehead atoms. The van der Waals surface area contributed by atoms with E-state index in [0.29, 0.717) is 30.9 Å². The summed E-state index contributed by atoms with van der Waals surface area (Å²) in [6.07, 6.45) is 8.95. The summed E-state index contributed by atoms with van der Waals surface area (Å²) in [4.78, 5) is 42.6. The third-order valence-electron chi connectivity index (χ3n) is 6.16. The maximum Gasteiger partial charge on any atom is 0.313 e. The molecule has 3 N–H and O–H groups in total. The maximum absolute atomic E-state index is 12.8. The minimum Gasteiger partial charge on any atom is -0.481 e. The van der Waals surface area contributed by atoms with Crippen LogP contribution in [0.4, 0.5) is 0 Å². The number of rotatable bonds is 9. The Morgan fingerprint density at radius 2 is 2.10 bits per heavy atom. The van der Waals surface area contributed by atoms with Crippen LogP contribution >= 0.6 is 0 Å². The van der Waals surface area contributed by atoms with Crippen molar-refractivity contribution in [3.05, 3.63) is 30.1 Å². The maximum atomic E-state index is 12.8. The first-order chi connectivity index (χ1) is 14.5. The van der Waals surface area contributed by atoms with Crippen molar-refractivity contribution in [3.63, 3.8) is 0 Å². The lowest BCUT2D eigenvalue weighted by Gasteiger charge is -2.30. The second-order valence-electron chi connectivity index (χ2n) is 8.32. The summed E-state index contributed by atoms with van der Waals surface area (Å²) >= 11 is 0. The Labute approximate surface area is 177 Å². The highest BCUT2D eigenvalue weighted by Gasteiger charge is 2.32. The van der Waals surface area contributed by atoms with E-state index in [4.69, 9.17) is 0 Å². The molecule has 2 fully saturated rings. The molecule has 8 nitrogen and oxygen atoms in total. The molecule has 1 unspecified atom stereocenters. The van der Waals surface area contributed by atoms with Gasteiger partial charge in [-0.2, -0.15) is 0 Å². The Bertz CT molecular complexity index is 721. The lowest BCUT2D eigenvalue weighted by molar-refractivity contribution is -0.141. The molecule has 0 aromatic carbocycles. The topological polar surface area (TPSA) is 112 Å². The average molecular weight is 417 g/mol. The average Bonchev–Trinajstić information content (AvgIpc) is 2.75. The molecule has 0 radical (unpaired) electrons. The summed E-state index contributed by atoms with van der Waals surface area (Å²) in [5.74, 6) is -1.63. The van der Waals surface area contributed by atoms with Crippen LogP contribution in [-0.4, -0.2) is 65.0 Å². The van der Waals surface area contributed by atoms with Gasteiger partial charge in [-0.15, -0.1) is 0 Å². The number of hydrogen-bond donors (Lipinski definition) is 3. The predicted octanol–water partition coefficient (Wildman–Crippen LogP) is 1.53. The third-order valence-corrected chi connectivity index (χ3v) is 6.16. The van der Waals surface area contributed by atoms with Crippen molar-refractivity contribution in [1.82, 2.24) is 20.5 Å². The van der Waals surface area contributed by atoms with Gasteiger partial charge in [0.05, 0.1) is 6.54 Å². The molecular weight excluding hydrogens is 384 g/mol. The summed E-state index contributed by atoms with van der Waals surface area (Å²) in [6, 6.07) is 2.90. The number of aliphatic carboxylic acids is 1. The molecule has 3 heterocycles. The highest BCUT2D eigenvalue weighted by Crippen LogP contribution is 2.26. The van der Waals surface area contributed by atoms with Crippen molar-refractivity contribution in [1.29, 1.82) is 0 Å². The number of hydrogen-bond acceptors (Lipinski definition) is 5. The summed E-state index contributed by atoms with van der Waals surface area (Å²) in [5.41, 5.74) is 0.578. The molecule has 2 atom stereocenters. The number of nitrogens with zero attached hydrogens (tertiary/aromatic N) is 2. The van der Waals surface area contributed by atoms with Crippen molar-refractivity contribution < 1.29 is 19.5 Å². The second kappa shape index (κ2) is 11.1. The van der Waals surface area contributed by atoms with E-state index in [1.807, 2.05) is 0 Å². The van der Waals surface area contributed by atoms with E-state index < -0.39 is 17.9 Å². The monoisotopic (exact) mass is 416 g/mol. The fourth-order valence-corrected chi connectivity index (χ4v) is 4.47. The van der Waals surface area contributed by atoms with E-state index in [9.17, 15) is 19.5 Å². The number of carboxylic acid groups (broad SMARTS) is 1. The van der Waals surface area contributed by atoms with E-state index >= 15 is 0 Å². The number of piperidine rings is 2. The molecule has 2 saturated heterocycles. The van der Waals surface area contributed by atoms with Crippen molar-refractivity contribution in [2.75, 3.05) is 26.2 Å². The van der Waals surface area contributed by atoms with E-state index in [1.54, 1.807) is 29.4 Å². The molecule has 1 aromatic heterocycles. The standard InChI is InChI=1S/C22H32N4O4/c27-19(15-26-13-2-1-5-20(26)28)25-18(7-6-16-8-11-23-12-9-16)21(22(29)30)17-4-3-10-24-14-17/h3-4,10,14,16,18,21,23H,1-2,5-9,11-13,15H2,(H,25,27)(H,29,30)/t18?,21-/m0/s1. The largest absolute Gasteiger partial charge is 0.481 e. The van der Waals surface area contributed by atoms with Crippen LogP contribution in [0.2, 0.25) is 0 Å². The summed E-state index contributed by atoms with van der Waals surface area (Å²) in [5, 5.41) is 16.2.